The summed E-state index contributed by atoms with van der Waals surface area (Å²) in [5.74, 6) is 2.02. The van der Waals surface area contributed by atoms with Crippen LogP contribution in [0.25, 0.3) is 11.0 Å². The first-order valence-corrected chi connectivity index (χ1v) is 7.89. The third-order valence-corrected chi connectivity index (χ3v) is 4.71. The molecule has 0 saturated heterocycles. The zero-order chi connectivity index (χ0) is 14.4. The van der Waals surface area contributed by atoms with Crippen LogP contribution in [-0.2, 0) is 18.8 Å². The Morgan fingerprint density at radius 1 is 1.24 bits per heavy atom. The second-order valence-corrected chi connectivity index (χ2v) is 6.13. The fourth-order valence-corrected chi connectivity index (χ4v) is 3.54. The van der Waals surface area contributed by atoms with Crippen LogP contribution in [0.1, 0.15) is 28.4 Å². The van der Waals surface area contributed by atoms with Crippen molar-refractivity contribution in [3.8, 4) is 0 Å². The van der Waals surface area contributed by atoms with E-state index >= 15 is 0 Å². The lowest BCUT2D eigenvalue weighted by atomic mass is 9.77. The minimum atomic E-state index is 0.460. The molecule has 21 heavy (non-hydrogen) atoms. The van der Waals surface area contributed by atoms with E-state index in [-0.39, 0.29) is 0 Å². The molecule has 1 aliphatic carbocycles. The molecule has 2 nitrogen and oxygen atoms in total. The molecule has 0 aliphatic heterocycles. The summed E-state index contributed by atoms with van der Waals surface area (Å²) in [5.41, 5.74) is 6.47. The zero-order valence-corrected chi connectivity index (χ0v) is 12.8. The minimum Gasteiger partial charge on any atom is -0.326 e. The van der Waals surface area contributed by atoms with E-state index in [1.807, 2.05) is 0 Å². The smallest absolute Gasteiger partial charge is 0.124 e. The maximum atomic E-state index is 6.10. The molecule has 0 fully saturated rings. The SMILES string of the molecule is Cc1ccc2nc(CCl)n(CC3Cc4ccccc43)c2c1. The highest BCUT2D eigenvalue weighted by Crippen LogP contribution is 2.37. The molecule has 0 radical (unpaired) electrons. The first-order chi connectivity index (χ1) is 10.3. The van der Waals surface area contributed by atoms with Crippen molar-refractivity contribution in [3.05, 3.63) is 65.0 Å². The van der Waals surface area contributed by atoms with Crippen LogP contribution >= 0.6 is 11.6 Å². The molecular formula is C18H17ClN2. The van der Waals surface area contributed by atoms with Crippen molar-refractivity contribution in [2.75, 3.05) is 0 Å². The Balaban J connectivity index is 1.75. The molecule has 1 atom stereocenters. The van der Waals surface area contributed by atoms with Crippen LogP contribution in [0.4, 0.5) is 0 Å². The summed E-state index contributed by atoms with van der Waals surface area (Å²) in [7, 11) is 0. The lowest BCUT2D eigenvalue weighted by molar-refractivity contribution is 0.508. The number of benzene rings is 2. The Kier molecular flexibility index (Phi) is 3.00. The highest BCUT2D eigenvalue weighted by molar-refractivity contribution is 6.16. The number of hydrogen-bond donors (Lipinski definition) is 0. The van der Waals surface area contributed by atoms with Gasteiger partial charge in [0.2, 0.25) is 0 Å². The number of alkyl halides is 1. The fraction of sp³-hybridized carbons (Fsp3) is 0.278. The largest absolute Gasteiger partial charge is 0.326 e. The monoisotopic (exact) mass is 296 g/mol. The van der Waals surface area contributed by atoms with Gasteiger partial charge in [-0.2, -0.15) is 0 Å². The Labute approximate surface area is 129 Å². The van der Waals surface area contributed by atoms with Crippen LogP contribution in [0, 0.1) is 6.92 Å². The van der Waals surface area contributed by atoms with Crippen molar-refractivity contribution < 1.29 is 0 Å². The first-order valence-electron chi connectivity index (χ1n) is 7.36. The lowest BCUT2D eigenvalue weighted by Crippen LogP contribution is -2.22. The molecule has 3 aromatic rings. The number of hydrogen-bond acceptors (Lipinski definition) is 1. The predicted molar refractivity (Wildman–Crippen MR) is 86.9 cm³/mol. The number of rotatable bonds is 3. The van der Waals surface area contributed by atoms with E-state index in [2.05, 4.69) is 58.9 Å². The summed E-state index contributed by atoms with van der Waals surface area (Å²) in [4.78, 5) is 4.67. The third kappa shape index (κ3) is 2.06. The molecule has 1 heterocycles. The van der Waals surface area contributed by atoms with Gasteiger partial charge in [0.1, 0.15) is 5.82 Å². The quantitative estimate of drug-likeness (QED) is 0.654. The molecule has 0 saturated carbocycles. The van der Waals surface area contributed by atoms with Crippen molar-refractivity contribution in [2.45, 2.75) is 31.7 Å². The van der Waals surface area contributed by atoms with Crippen molar-refractivity contribution in [1.29, 1.82) is 0 Å². The number of aromatic nitrogens is 2. The van der Waals surface area contributed by atoms with Gasteiger partial charge in [-0.3, -0.25) is 0 Å². The molecule has 4 rings (SSSR count). The van der Waals surface area contributed by atoms with Crippen molar-refractivity contribution in [3.63, 3.8) is 0 Å². The number of halogens is 1. The Hall–Kier alpha value is -1.80. The summed E-state index contributed by atoms with van der Waals surface area (Å²) in [6.45, 7) is 3.09. The van der Waals surface area contributed by atoms with Crippen LogP contribution < -0.4 is 0 Å². The zero-order valence-electron chi connectivity index (χ0n) is 12.0. The van der Waals surface area contributed by atoms with Crippen LogP contribution in [-0.4, -0.2) is 9.55 Å². The van der Waals surface area contributed by atoms with Crippen molar-refractivity contribution >= 4 is 22.6 Å². The van der Waals surface area contributed by atoms with E-state index in [0.717, 1.165) is 24.3 Å². The molecule has 0 amide bonds. The normalized spacial score (nSPS) is 16.8. The summed E-state index contributed by atoms with van der Waals surface area (Å²) < 4.78 is 2.30. The molecule has 3 heteroatoms. The van der Waals surface area contributed by atoms with E-state index in [4.69, 9.17) is 11.6 Å². The van der Waals surface area contributed by atoms with E-state index in [1.165, 1.54) is 22.2 Å². The average Bonchev–Trinajstić information content (AvgIpc) is 2.82. The Bertz CT molecular complexity index is 819. The van der Waals surface area contributed by atoms with Crippen LogP contribution in [0.15, 0.2) is 42.5 Å². The number of imidazole rings is 1. The van der Waals surface area contributed by atoms with E-state index < -0.39 is 0 Å². The van der Waals surface area contributed by atoms with E-state index in [1.54, 1.807) is 0 Å². The highest BCUT2D eigenvalue weighted by atomic mass is 35.5. The van der Waals surface area contributed by atoms with Gasteiger partial charge in [-0.15, -0.1) is 11.6 Å². The standard InChI is InChI=1S/C18H17ClN2/c1-12-6-7-16-17(8-12)21(18(10-19)20-16)11-14-9-13-4-2-3-5-15(13)14/h2-8,14H,9-11H2,1H3. The molecule has 1 aliphatic rings. The molecule has 2 aromatic carbocycles. The van der Waals surface area contributed by atoms with Gasteiger partial charge in [-0.25, -0.2) is 4.98 Å². The number of nitrogens with zero attached hydrogens (tertiary/aromatic N) is 2. The van der Waals surface area contributed by atoms with Gasteiger partial charge < -0.3 is 4.57 Å². The molecular weight excluding hydrogens is 280 g/mol. The average molecular weight is 297 g/mol. The second-order valence-electron chi connectivity index (χ2n) is 5.86. The van der Waals surface area contributed by atoms with Gasteiger partial charge >= 0.3 is 0 Å². The second kappa shape index (κ2) is 4.88. The Morgan fingerprint density at radius 3 is 2.90 bits per heavy atom. The topological polar surface area (TPSA) is 17.8 Å². The van der Waals surface area contributed by atoms with Crippen LogP contribution in [0.5, 0.6) is 0 Å². The highest BCUT2D eigenvalue weighted by Gasteiger charge is 2.27. The first kappa shape index (κ1) is 12.9. The summed E-state index contributed by atoms with van der Waals surface area (Å²) >= 11 is 6.10. The van der Waals surface area contributed by atoms with E-state index in [9.17, 15) is 0 Å². The molecule has 1 aromatic heterocycles. The lowest BCUT2D eigenvalue weighted by Gasteiger charge is -2.31. The van der Waals surface area contributed by atoms with Gasteiger partial charge in [0.15, 0.2) is 0 Å². The van der Waals surface area contributed by atoms with Gasteiger partial charge in [0.05, 0.1) is 16.9 Å². The summed E-state index contributed by atoms with van der Waals surface area (Å²) in [6.07, 6.45) is 1.16. The fourth-order valence-electron chi connectivity index (χ4n) is 3.33. The maximum absolute atomic E-state index is 6.10. The Morgan fingerprint density at radius 2 is 2.10 bits per heavy atom. The van der Waals surface area contributed by atoms with Crippen LogP contribution in [0.3, 0.4) is 0 Å². The molecule has 106 valence electrons. The molecule has 1 unspecified atom stereocenters. The van der Waals surface area contributed by atoms with Gasteiger partial charge in [-0.1, -0.05) is 30.3 Å². The van der Waals surface area contributed by atoms with Gasteiger partial charge in [-0.05, 0) is 42.2 Å². The third-order valence-electron chi connectivity index (χ3n) is 4.47. The number of aryl methyl sites for hydroxylation is 1. The molecule has 0 bridgehead atoms. The maximum Gasteiger partial charge on any atom is 0.124 e. The van der Waals surface area contributed by atoms with Crippen molar-refractivity contribution in [1.82, 2.24) is 9.55 Å². The van der Waals surface area contributed by atoms with Crippen molar-refractivity contribution in [2.24, 2.45) is 0 Å². The van der Waals surface area contributed by atoms with Crippen LogP contribution in [0.2, 0.25) is 0 Å². The molecule has 0 spiro atoms. The van der Waals surface area contributed by atoms with Gasteiger partial charge in [0, 0.05) is 12.5 Å². The molecule has 0 N–H and O–H groups in total. The minimum absolute atomic E-state index is 0.460. The van der Waals surface area contributed by atoms with E-state index in [0.29, 0.717) is 11.8 Å². The predicted octanol–water partition coefficient (Wildman–Crippen LogP) is 4.42. The van der Waals surface area contributed by atoms with Gasteiger partial charge in [0.25, 0.3) is 0 Å². The summed E-state index contributed by atoms with van der Waals surface area (Å²) in [5, 5.41) is 0. The number of fused-ring (bicyclic) bond motifs is 2. The summed E-state index contributed by atoms with van der Waals surface area (Å²) in [6, 6.07) is 15.1.